The van der Waals surface area contributed by atoms with Gasteiger partial charge in [0, 0.05) is 13.1 Å². The quantitative estimate of drug-likeness (QED) is 0.820. The second-order valence-corrected chi connectivity index (χ2v) is 6.70. The third-order valence-electron chi connectivity index (χ3n) is 4.56. The molecule has 1 aliphatic heterocycles. The maximum atomic E-state index is 12.2. The van der Waals surface area contributed by atoms with E-state index in [-0.39, 0.29) is 18.3 Å². The molecule has 0 bridgehead atoms. The van der Waals surface area contributed by atoms with Crippen LogP contribution in [0.25, 0.3) is 5.69 Å². The Bertz CT molecular complexity index is 680. The molecule has 1 aliphatic rings. The number of amides is 1. The molecule has 7 heteroatoms. The van der Waals surface area contributed by atoms with Crippen LogP contribution in [-0.2, 0) is 0 Å². The number of aliphatic hydroxyl groups is 1. The van der Waals surface area contributed by atoms with Crippen molar-refractivity contribution in [1.29, 1.82) is 0 Å². The highest BCUT2D eigenvalue weighted by Crippen LogP contribution is 2.15. The number of nitrogens with zero attached hydrogens (tertiary/aromatic N) is 4. The van der Waals surface area contributed by atoms with Gasteiger partial charge in [-0.05, 0) is 44.0 Å². The van der Waals surface area contributed by atoms with E-state index in [2.05, 4.69) is 27.2 Å². The van der Waals surface area contributed by atoms with E-state index in [9.17, 15) is 9.90 Å². The number of hydrogen-bond acceptors (Lipinski definition) is 5. The fourth-order valence-electron chi connectivity index (χ4n) is 2.97. The van der Waals surface area contributed by atoms with Crippen LogP contribution in [0.15, 0.2) is 36.7 Å². The molecule has 1 aromatic heterocycles. The summed E-state index contributed by atoms with van der Waals surface area (Å²) in [6.45, 7) is 5.06. The van der Waals surface area contributed by atoms with E-state index < -0.39 is 6.10 Å². The summed E-state index contributed by atoms with van der Waals surface area (Å²) in [5, 5.41) is 17.0. The highest BCUT2D eigenvalue weighted by molar-refractivity contribution is 5.90. The number of rotatable bonds is 6. The summed E-state index contributed by atoms with van der Waals surface area (Å²) in [4.78, 5) is 18.4. The number of hydrogen-bond donors (Lipinski definition) is 2. The second kappa shape index (κ2) is 8.22. The van der Waals surface area contributed by atoms with Gasteiger partial charge in [-0.2, -0.15) is 0 Å². The van der Waals surface area contributed by atoms with Gasteiger partial charge in [0.1, 0.15) is 6.33 Å². The van der Waals surface area contributed by atoms with Crippen molar-refractivity contribution in [2.45, 2.75) is 25.9 Å². The summed E-state index contributed by atoms with van der Waals surface area (Å²) < 4.78 is 1.56. The van der Waals surface area contributed by atoms with E-state index in [0.29, 0.717) is 6.54 Å². The van der Waals surface area contributed by atoms with Gasteiger partial charge < -0.3 is 15.3 Å². The number of carbonyl (C=O) groups excluding carboxylic acids is 1. The third kappa shape index (κ3) is 4.87. The topological polar surface area (TPSA) is 83.3 Å². The summed E-state index contributed by atoms with van der Waals surface area (Å²) in [6.07, 6.45) is 3.25. The van der Waals surface area contributed by atoms with Crippen LogP contribution >= 0.6 is 0 Å². The first kappa shape index (κ1) is 17.6. The standard InChI is InChI=1S/C18H25N5O2/c1-14-7-9-22(10-8-14)12-16(24)11-19-18(25)17-20-13-23(21-17)15-5-3-2-4-6-15/h2-6,13-14,16,24H,7-12H2,1H3,(H,19,25). The zero-order valence-corrected chi connectivity index (χ0v) is 14.5. The number of aliphatic hydroxyl groups excluding tert-OH is 1. The number of piperidine rings is 1. The SMILES string of the molecule is CC1CCN(CC(O)CNC(=O)c2ncn(-c3ccccc3)n2)CC1. The first-order valence-electron chi connectivity index (χ1n) is 8.77. The Balaban J connectivity index is 1.47. The lowest BCUT2D eigenvalue weighted by Crippen LogP contribution is -2.43. The minimum absolute atomic E-state index is 0.0999. The fourth-order valence-corrected chi connectivity index (χ4v) is 2.97. The van der Waals surface area contributed by atoms with Crippen LogP contribution in [0, 0.1) is 5.92 Å². The van der Waals surface area contributed by atoms with Gasteiger partial charge in [-0.3, -0.25) is 4.79 Å². The number of benzene rings is 1. The Morgan fingerprint density at radius 3 is 2.76 bits per heavy atom. The van der Waals surface area contributed by atoms with E-state index in [1.54, 1.807) is 4.68 Å². The minimum Gasteiger partial charge on any atom is -0.390 e. The Labute approximate surface area is 147 Å². The van der Waals surface area contributed by atoms with Gasteiger partial charge >= 0.3 is 0 Å². The largest absolute Gasteiger partial charge is 0.390 e. The molecule has 3 rings (SSSR count). The molecule has 2 heterocycles. The molecule has 0 saturated carbocycles. The molecule has 1 aromatic carbocycles. The van der Waals surface area contributed by atoms with Crippen molar-refractivity contribution in [2.75, 3.05) is 26.2 Å². The van der Waals surface area contributed by atoms with Gasteiger partial charge in [-0.25, -0.2) is 9.67 Å². The van der Waals surface area contributed by atoms with Gasteiger partial charge in [-0.15, -0.1) is 5.10 Å². The Morgan fingerprint density at radius 1 is 1.32 bits per heavy atom. The predicted octanol–water partition coefficient (Wildman–Crippen LogP) is 1.09. The van der Waals surface area contributed by atoms with E-state index in [1.165, 1.54) is 19.2 Å². The maximum absolute atomic E-state index is 12.2. The van der Waals surface area contributed by atoms with Crippen LogP contribution in [0.2, 0.25) is 0 Å². The van der Waals surface area contributed by atoms with Crippen molar-refractivity contribution in [3.63, 3.8) is 0 Å². The fraction of sp³-hybridized carbons (Fsp3) is 0.500. The van der Waals surface area contributed by atoms with Crippen molar-refractivity contribution in [2.24, 2.45) is 5.92 Å². The van der Waals surface area contributed by atoms with Crippen molar-refractivity contribution in [3.8, 4) is 5.69 Å². The molecule has 1 unspecified atom stereocenters. The van der Waals surface area contributed by atoms with Gasteiger partial charge in [0.15, 0.2) is 0 Å². The highest BCUT2D eigenvalue weighted by atomic mass is 16.3. The van der Waals surface area contributed by atoms with E-state index in [0.717, 1.165) is 24.7 Å². The molecule has 0 spiro atoms. The summed E-state index contributed by atoms with van der Waals surface area (Å²) in [6, 6.07) is 9.49. The lowest BCUT2D eigenvalue weighted by Gasteiger charge is -2.31. The zero-order valence-electron chi connectivity index (χ0n) is 14.5. The summed E-state index contributed by atoms with van der Waals surface area (Å²) in [7, 11) is 0. The molecule has 2 N–H and O–H groups in total. The summed E-state index contributed by atoms with van der Waals surface area (Å²) >= 11 is 0. The molecule has 0 radical (unpaired) electrons. The van der Waals surface area contributed by atoms with Gasteiger partial charge in [0.25, 0.3) is 5.91 Å². The molecule has 1 atom stereocenters. The highest BCUT2D eigenvalue weighted by Gasteiger charge is 2.19. The predicted molar refractivity (Wildman–Crippen MR) is 94.5 cm³/mol. The van der Waals surface area contributed by atoms with Gasteiger partial charge in [0.2, 0.25) is 5.82 Å². The third-order valence-corrected chi connectivity index (χ3v) is 4.56. The smallest absolute Gasteiger partial charge is 0.291 e. The number of carbonyl (C=O) groups is 1. The molecule has 1 fully saturated rings. The molecule has 1 amide bonds. The Morgan fingerprint density at radius 2 is 2.04 bits per heavy atom. The molecule has 134 valence electrons. The lowest BCUT2D eigenvalue weighted by atomic mass is 9.99. The van der Waals surface area contributed by atoms with Crippen molar-refractivity contribution >= 4 is 5.91 Å². The molecule has 2 aromatic rings. The average Bonchev–Trinajstić information content (AvgIpc) is 3.13. The van der Waals surface area contributed by atoms with Crippen molar-refractivity contribution in [3.05, 3.63) is 42.5 Å². The van der Waals surface area contributed by atoms with Crippen LogP contribution in [0.4, 0.5) is 0 Å². The lowest BCUT2D eigenvalue weighted by molar-refractivity contribution is 0.0789. The number of para-hydroxylation sites is 1. The van der Waals surface area contributed by atoms with Crippen molar-refractivity contribution < 1.29 is 9.90 Å². The molecular formula is C18H25N5O2. The van der Waals surface area contributed by atoms with Gasteiger partial charge in [-0.1, -0.05) is 25.1 Å². The number of β-amino-alcohol motifs (C(OH)–C–C–N with tert-alkyl or cyclic N) is 1. The van der Waals surface area contributed by atoms with E-state index in [1.807, 2.05) is 30.3 Å². The van der Waals surface area contributed by atoms with Crippen LogP contribution in [-0.4, -0.2) is 63.0 Å². The second-order valence-electron chi connectivity index (χ2n) is 6.70. The Kier molecular flexibility index (Phi) is 5.78. The van der Waals surface area contributed by atoms with Crippen LogP contribution in [0.3, 0.4) is 0 Å². The Hall–Kier alpha value is -2.25. The van der Waals surface area contributed by atoms with E-state index in [4.69, 9.17) is 0 Å². The van der Waals surface area contributed by atoms with E-state index >= 15 is 0 Å². The normalized spacial score (nSPS) is 17.4. The maximum Gasteiger partial charge on any atom is 0.291 e. The summed E-state index contributed by atoms with van der Waals surface area (Å²) in [5.41, 5.74) is 0.841. The average molecular weight is 343 g/mol. The molecule has 7 nitrogen and oxygen atoms in total. The zero-order chi connectivity index (χ0) is 17.6. The first-order chi connectivity index (χ1) is 12.1. The molecule has 25 heavy (non-hydrogen) atoms. The molecule has 1 saturated heterocycles. The minimum atomic E-state index is -0.589. The van der Waals surface area contributed by atoms with Crippen LogP contribution in [0.5, 0.6) is 0 Å². The summed E-state index contributed by atoms with van der Waals surface area (Å²) in [5.74, 6) is 0.489. The number of likely N-dealkylation sites (tertiary alicyclic amines) is 1. The monoisotopic (exact) mass is 343 g/mol. The van der Waals surface area contributed by atoms with Crippen LogP contribution in [0.1, 0.15) is 30.4 Å². The van der Waals surface area contributed by atoms with Gasteiger partial charge in [0.05, 0.1) is 11.8 Å². The number of nitrogens with one attached hydrogen (secondary N) is 1. The molecular weight excluding hydrogens is 318 g/mol. The first-order valence-corrected chi connectivity index (χ1v) is 8.77. The molecule has 0 aliphatic carbocycles. The van der Waals surface area contributed by atoms with Crippen LogP contribution < -0.4 is 5.32 Å². The number of aromatic nitrogens is 3. The van der Waals surface area contributed by atoms with Crippen molar-refractivity contribution in [1.82, 2.24) is 25.0 Å².